The zero-order chi connectivity index (χ0) is 24.6. The summed E-state index contributed by atoms with van der Waals surface area (Å²) in [6, 6.07) is 0. The summed E-state index contributed by atoms with van der Waals surface area (Å²) in [5, 5.41) is 22.6. The van der Waals surface area contributed by atoms with Gasteiger partial charge in [-0.25, -0.2) is 0 Å². The Morgan fingerprint density at radius 2 is 1.55 bits per heavy atom. The fourth-order valence-corrected chi connectivity index (χ4v) is 10.4. The van der Waals surface area contributed by atoms with Crippen LogP contribution in [-0.2, 0) is 0 Å². The van der Waals surface area contributed by atoms with E-state index in [1.807, 2.05) is 0 Å². The molecule has 9 atom stereocenters. The number of allylic oxidation sites excluding steroid dienone is 1. The van der Waals surface area contributed by atoms with Gasteiger partial charge in [0.05, 0.1) is 11.7 Å². The van der Waals surface area contributed by atoms with E-state index < -0.39 is 5.60 Å². The molecule has 2 nitrogen and oxygen atoms in total. The Balaban J connectivity index is 1.59. The van der Waals surface area contributed by atoms with Gasteiger partial charge in [-0.05, 0) is 122 Å². The van der Waals surface area contributed by atoms with Crippen molar-refractivity contribution < 1.29 is 10.2 Å². The molecule has 190 valence electrons. The van der Waals surface area contributed by atoms with Crippen molar-refractivity contribution in [1.29, 1.82) is 0 Å². The zero-order valence-corrected chi connectivity index (χ0v) is 23.1. The van der Waals surface area contributed by atoms with E-state index >= 15 is 0 Å². The van der Waals surface area contributed by atoms with Crippen molar-refractivity contribution in [3.05, 3.63) is 12.2 Å². The quantitative estimate of drug-likeness (QED) is 0.413. The van der Waals surface area contributed by atoms with Crippen molar-refractivity contribution in [3.8, 4) is 0 Å². The van der Waals surface area contributed by atoms with Gasteiger partial charge in [-0.2, -0.15) is 0 Å². The van der Waals surface area contributed by atoms with Crippen LogP contribution >= 0.6 is 0 Å². The van der Waals surface area contributed by atoms with Gasteiger partial charge in [0.2, 0.25) is 0 Å². The van der Waals surface area contributed by atoms with E-state index in [1.165, 1.54) is 50.5 Å². The van der Waals surface area contributed by atoms with Gasteiger partial charge in [-0.1, -0.05) is 60.6 Å². The van der Waals surface area contributed by atoms with Gasteiger partial charge >= 0.3 is 0 Å². The minimum Gasteiger partial charge on any atom is -0.393 e. The first-order valence-electron chi connectivity index (χ1n) is 14.2. The third-order valence-electron chi connectivity index (χ3n) is 12.9. The molecular formula is C31H54O2. The van der Waals surface area contributed by atoms with Crippen LogP contribution in [0.3, 0.4) is 0 Å². The van der Waals surface area contributed by atoms with Crippen LogP contribution in [0.1, 0.15) is 120 Å². The van der Waals surface area contributed by atoms with E-state index in [0.717, 1.165) is 25.2 Å². The van der Waals surface area contributed by atoms with Crippen molar-refractivity contribution in [1.82, 2.24) is 0 Å². The second kappa shape index (κ2) is 8.09. The second-order valence-corrected chi connectivity index (χ2v) is 14.9. The lowest BCUT2D eigenvalue weighted by Gasteiger charge is -2.70. The summed E-state index contributed by atoms with van der Waals surface area (Å²) in [6.45, 7) is 23.4. The highest BCUT2D eigenvalue weighted by atomic mass is 16.3. The SMILES string of the molecule is C=C(CC[C@](C)(O)[C@H]1CC[C@]2(C)[C@@H]1CC[C@@H]1[C@@]3(C)CC[C@H](O)C(C)(C)[C@@H]3CC[C@]12C)C(C)C. The molecule has 0 unspecified atom stereocenters. The fraction of sp³-hybridized carbons (Fsp3) is 0.935. The van der Waals surface area contributed by atoms with Crippen LogP contribution in [-0.4, -0.2) is 21.9 Å². The van der Waals surface area contributed by atoms with Gasteiger partial charge in [0, 0.05) is 0 Å². The van der Waals surface area contributed by atoms with Gasteiger partial charge in [-0.15, -0.1) is 0 Å². The molecule has 0 amide bonds. The monoisotopic (exact) mass is 458 g/mol. The summed E-state index contributed by atoms with van der Waals surface area (Å²) >= 11 is 0. The Morgan fingerprint density at radius 1 is 0.909 bits per heavy atom. The van der Waals surface area contributed by atoms with Gasteiger partial charge in [0.1, 0.15) is 0 Å². The maximum absolute atomic E-state index is 11.7. The molecule has 0 radical (unpaired) electrons. The molecule has 0 aromatic carbocycles. The molecule has 4 aliphatic rings. The molecule has 0 saturated heterocycles. The first-order valence-corrected chi connectivity index (χ1v) is 14.2. The molecule has 4 rings (SSSR count). The fourth-order valence-electron chi connectivity index (χ4n) is 10.4. The molecule has 4 aliphatic carbocycles. The Hall–Kier alpha value is -0.340. The van der Waals surface area contributed by atoms with Crippen LogP contribution in [0.15, 0.2) is 12.2 Å². The summed E-state index contributed by atoms with van der Waals surface area (Å²) in [5.41, 5.74) is 1.69. The molecule has 0 spiro atoms. The van der Waals surface area contributed by atoms with E-state index in [1.54, 1.807) is 0 Å². The Bertz CT molecular complexity index is 765. The van der Waals surface area contributed by atoms with Crippen molar-refractivity contribution >= 4 is 0 Å². The molecule has 0 aromatic rings. The minimum absolute atomic E-state index is 0.0206. The van der Waals surface area contributed by atoms with Crippen LogP contribution in [0.5, 0.6) is 0 Å². The summed E-state index contributed by atoms with van der Waals surface area (Å²) < 4.78 is 0. The van der Waals surface area contributed by atoms with E-state index in [-0.39, 0.29) is 11.5 Å². The molecule has 0 heterocycles. The molecule has 2 N–H and O–H groups in total. The highest BCUT2D eigenvalue weighted by Gasteiger charge is 2.69. The van der Waals surface area contributed by atoms with Crippen LogP contribution in [0.4, 0.5) is 0 Å². The summed E-state index contributed by atoms with van der Waals surface area (Å²) in [4.78, 5) is 0. The van der Waals surface area contributed by atoms with Crippen LogP contribution < -0.4 is 0 Å². The maximum atomic E-state index is 11.7. The third-order valence-corrected chi connectivity index (χ3v) is 12.9. The normalized spacial score (nSPS) is 48.5. The second-order valence-electron chi connectivity index (χ2n) is 14.9. The molecule has 0 aromatic heterocycles. The lowest BCUT2D eigenvalue weighted by Crippen LogP contribution is -2.64. The van der Waals surface area contributed by atoms with Gasteiger partial charge in [0.25, 0.3) is 0 Å². The van der Waals surface area contributed by atoms with E-state index in [0.29, 0.717) is 39.9 Å². The Kier molecular flexibility index (Phi) is 6.31. The van der Waals surface area contributed by atoms with Crippen molar-refractivity contribution in [2.75, 3.05) is 0 Å². The lowest BCUT2D eigenvalue weighted by molar-refractivity contribution is -0.225. The largest absolute Gasteiger partial charge is 0.393 e. The average Bonchev–Trinajstić information content (AvgIpc) is 3.08. The highest BCUT2D eigenvalue weighted by Crippen LogP contribution is 2.75. The highest BCUT2D eigenvalue weighted by molar-refractivity contribution is 5.18. The van der Waals surface area contributed by atoms with E-state index in [9.17, 15) is 10.2 Å². The van der Waals surface area contributed by atoms with E-state index in [2.05, 4.69) is 62.0 Å². The van der Waals surface area contributed by atoms with E-state index in [4.69, 9.17) is 0 Å². The molecule has 2 heteroatoms. The first-order chi connectivity index (χ1) is 15.1. The summed E-state index contributed by atoms with van der Waals surface area (Å²) in [7, 11) is 0. The lowest BCUT2D eigenvalue weighted by atomic mass is 9.35. The van der Waals surface area contributed by atoms with Gasteiger partial charge in [0.15, 0.2) is 0 Å². The predicted molar refractivity (Wildman–Crippen MR) is 139 cm³/mol. The number of hydrogen-bond donors (Lipinski definition) is 2. The third kappa shape index (κ3) is 3.62. The molecular weight excluding hydrogens is 404 g/mol. The molecule has 33 heavy (non-hydrogen) atoms. The number of rotatable bonds is 5. The Labute approximate surface area is 205 Å². The topological polar surface area (TPSA) is 40.5 Å². The molecule has 4 fully saturated rings. The minimum atomic E-state index is -0.596. The van der Waals surface area contributed by atoms with Crippen LogP contribution in [0, 0.1) is 51.2 Å². The number of hydrogen-bond acceptors (Lipinski definition) is 2. The zero-order valence-electron chi connectivity index (χ0n) is 23.1. The Morgan fingerprint density at radius 3 is 2.18 bits per heavy atom. The summed E-state index contributed by atoms with van der Waals surface area (Å²) in [6.07, 6.45) is 11.4. The number of fused-ring (bicyclic) bond motifs is 5. The van der Waals surface area contributed by atoms with Crippen molar-refractivity contribution in [2.45, 2.75) is 131 Å². The van der Waals surface area contributed by atoms with Crippen LogP contribution in [0.2, 0.25) is 0 Å². The molecule has 0 bridgehead atoms. The maximum Gasteiger partial charge on any atom is 0.0653 e. The first kappa shape index (κ1) is 25.7. The van der Waals surface area contributed by atoms with Crippen molar-refractivity contribution in [2.24, 2.45) is 51.2 Å². The van der Waals surface area contributed by atoms with Gasteiger partial charge in [-0.3, -0.25) is 0 Å². The molecule has 4 saturated carbocycles. The predicted octanol–water partition coefficient (Wildman–Crippen LogP) is 7.78. The van der Waals surface area contributed by atoms with Crippen LogP contribution in [0.25, 0.3) is 0 Å². The number of aliphatic hydroxyl groups excluding tert-OH is 1. The summed E-state index contributed by atoms with van der Waals surface area (Å²) in [5.74, 6) is 2.90. The number of aliphatic hydroxyl groups is 2. The molecule has 0 aliphatic heterocycles. The standard InChI is InChI=1S/C31H54O2/c1-20(2)21(3)12-19-31(9,33)23-13-17-29(7)22(23)10-11-25-28(6)16-15-26(32)27(4,5)24(28)14-18-30(25,29)8/h20,22-26,32-33H,3,10-19H2,1-2,4-9H3/t22-,23+,24+,25-,26+,28+,29-,30-,31+/m1/s1. The smallest absolute Gasteiger partial charge is 0.0653 e. The average molecular weight is 459 g/mol. The van der Waals surface area contributed by atoms with Gasteiger partial charge < -0.3 is 10.2 Å². The van der Waals surface area contributed by atoms with Crippen molar-refractivity contribution in [3.63, 3.8) is 0 Å².